The SMILES string of the molecule is CC[C@H]1[C@@H](O)[C@@H]2[C@H](CC[C@]3(C)[C@@H]([C@H](C)CC(=O)Cc4cncc(C(=O)O)c4)CC[C@@H]23)[C@@]2(C)CC[C@@H](O)C[C@@H]12.CC[C@H]1[C@@H](O)[C@@H]2[C@H](CC[C@]3(C)[C@@H]([C@H](C)CC(=O)O)CC[C@@H]23)[C@@]2(C)CC[C@@H](O)C[C@@H]12.Nc1cncc(C(=O)O)c1. The Balaban J connectivity index is 0.000000177. The van der Waals surface area contributed by atoms with Gasteiger partial charge in [0, 0.05) is 44.0 Å². The molecule has 8 saturated carbocycles. The standard InChI is InChI=1S/C32H47NO5.C25H42O4.C6H6N2O2/c1-5-23-27-15-21(34)8-10-32(27,4)26-9-11-31(3)24(6-7-25(31)28(26)29(23)36)18(2)12-22(35)14-19-13-20(30(37)38)17-33-16-19;1-5-16-20-13-15(26)8-10-25(20,4)19-9-11-24(3)17(14(2)12-21(27)28)6-7-18(24)22(19)23(16)29;7-5-1-4(6(9)10)2-8-3-5/h13,16-18,21,23-29,34,36H,5-12,14-15H2,1-4H3,(H,37,38);14-20,22-23,26,29H,5-13H2,1-4H3,(H,27,28);1-3H,7H2,(H,9,10)/t18-,21-,23-,24-,25+,26+,27+,28+,29-,31-,32-;14-,15-,16-,17-,18+,19+,20+,22+,23-,24-,25-;/m11./s1. The summed E-state index contributed by atoms with van der Waals surface area (Å²) >= 11 is 0. The number of aromatic carboxylic acids is 2. The van der Waals surface area contributed by atoms with Gasteiger partial charge in [-0.3, -0.25) is 19.6 Å². The summed E-state index contributed by atoms with van der Waals surface area (Å²) in [5, 5.41) is 71.4. The normalized spacial score (nSPS) is 42.3. The zero-order valence-corrected chi connectivity index (χ0v) is 47.5. The van der Waals surface area contributed by atoms with Gasteiger partial charge in [0.1, 0.15) is 5.78 Å². The van der Waals surface area contributed by atoms with E-state index in [1.807, 2.05) is 0 Å². The van der Waals surface area contributed by atoms with Gasteiger partial charge >= 0.3 is 17.9 Å². The van der Waals surface area contributed by atoms with Crippen molar-refractivity contribution < 1.29 is 54.9 Å². The van der Waals surface area contributed by atoms with Gasteiger partial charge < -0.3 is 41.5 Å². The van der Waals surface area contributed by atoms with Crippen molar-refractivity contribution in [3.8, 4) is 0 Å². The number of hydrogen-bond donors (Lipinski definition) is 8. The van der Waals surface area contributed by atoms with Crippen molar-refractivity contribution in [3.63, 3.8) is 0 Å². The third-order valence-corrected chi connectivity index (χ3v) is 23.8. The van der Waals surface area contributed by atoms with Crippen LogP contribution < -0.4 is 5.73 Å². The number of nitrogen functional groups attached to an aromatic ring is 1. The molecular formula is C63H95N3O11. The molecule has 22 atom stereocenters. The van der Waals surface area contributed by atoms with Crippen LogP contribution >= 0.6 is 0 Å². The van der Waals surface area contributed by atoms with E-state index < -0.39 is 17.9 Å². The molecule has 0 aliphatic heterocycles. The van der Waals surface area contributed by atoms with Gasteiger partial charge in [0.2, 0.25) is 0 Å². The highest BCUT2D eigenvalue weighted by Crippen LogP contribution is 2.71. The number of nitrogens with two attached hydrogens (primary N) is 1. The number of aliphatic carboxylic acids is 1. The third kappa shape index (κ3) is 11.1. The van der Waals surface area contributed by atoms with Crippen LogP contribution in [0.3, 0.4) is 0 Å². The Morgan fingerprint density at radius 1 is 0.558 bits per heavy atom. The smallest absolute Gasteiger partial charge is 0.337 e. The number of nitrogens with zero attached hydrogens (tertiary/aromatic N) is 2. The van der Waals surface area contributed by atoms with Gasteiger partial charge in [-0.05, 0) is 212 Å². The summed E-state index contributed by atoms with van der Waals surface area (Å²) in [7, 11) is 0. The molecule has 14 heteroatoms. The molecule has 0 spiro atoms. The van der Waals surface area contributed by atoms with E-state index in [0.717, 1.165) is 96.3 Å². The van der Waals surface area contributed by atoms with E-state index >= 15 is 0 Å². The van der Waals surface area contributed by atoms with Crippen molar-refractivity contribution in [1.29, 1.82) is 0 Å². The number of anilines is 1. The molecule has 8 aliphatic rings. The molecule has 0 amide bonds. The van der Waals surface area contributed by atoms with Crippen molar-refractivity contribution in [2.75, 3.05) is 5.73 Å². The van der Waals surface area contributed by atoms with Crippen LogP contribution in [0.4, 0.5) is 5.69 Å². The number of aromatic nitrogens is 2. The predicted molar refractivity (Wildman–Crippen MR) is 294 cm³/mol. The summed E-state index contributed by atoms with van der Waals surface area (Å²) < 4.78 is 0. The number of carboxylic acid groups (broad SMARTS) is 3. The third-order valence-electron chi connectivity index (χ3n) is 23.8. The molecule has 9 N–H and O–H groups in total. The molecule has 10 rings (SSSR count). The largest absolute Gasteiger partial charge is 0.481 e. The number of fused-ring (bicyclic) bond motifs is 10. The van der Waals surface area contributed by atoms with E-state index in [-0.39, 0.29) is 99.5 Å². The highest BCUT2D eigenvalue weighted by atomic mass is 16.4. The Kier molecular flexibility index (Phi) is 17.9. The molecule has 0 saturated heterocycles. The van der Waals surface area contributed by atoms with Gasteiger partial charge in [-0.25, -0.2) is 9.59 Å². The van der Waals surface area contributed by atoms with Crippen molar-refractivity contribution in [2.45, 2.75) is 202 Å². The Morgan fingerprint density at radius 2 is 0.974 bits per heavy atom. The van der Waals surface area contributed by atoms with Crippen LogP contribution in [0.15, 0.2) is 36.9 Å². The Hall–Kier alpha value is -3.98. The fourth-order valence-corrected chi connectivity index (χ4v) is 20.4. The molecule has 8 aliphatic carbocycles. The Labute approximate surface area is 458 Å². The van der Waals surface area contributed by atoms with Gasteiger partial charge in [0.05, 0.1) is 41.2 Å². The molecule has 2 aromatic rings. The number of carboxylic acids is 3. The molecule has 2 heterocycles. The lowest BCUT2D eigenvalue weighted by atomic mass is 9.41. The minimum Gasteiger partial charge on any atom is -0.481 e. The second-order valence-corrected chi connectivity index (χ2v) is 27.4. The van der Waals surface area contributed by atoms with Crippen molar-refractivity contribution >= 4 is 29.4 Å². The topological polar surface area (TPSA) is 262 Å². The van der Waals surface area contributed by atoms with E-state index in [2.05, 4.69) is 65.4 Å². The summed E-state index contributed by atoms with van der Waals surface area (Å²) in [4.78, 5) is 53.6. The van der Waals surface area contributed by atoms with Gasteiger partial charge in [-0.2, -0.15) is 0 Å². The minimum atomic E-state index is -1.03. The zero-order valence-electron chi connectivity index (χ0n) is 47.5. The lowest BCUT2D eigenvalue weighted by Gasteiger charge is -2.64. The van der Waals surface area contributed by atoms with E-state index in [1.54, 1.807) is 12.3 Å². The number of aliphatic hydroxyl groups excluding tert-OH is 4. The molecule has 428 valence electrons. The van der Waals surface area contributed by atoms with Gasteiger partial charge in [-0.1, -0.05) is 68.2 Å². The minimum absolute atomic E-state index is 0.111. The Morgan fingerprint density at radius 3 is 1.39 bits per heavy atom. The lowest BCUT2D eigenvalue weighted by Crippen LogP contribution is -2.62. The van der Waals surface area contributed by atoms with E-state index in [1.165, 1.54) is 31.1 Å². The molecule has 0 bridgehead atoms. The summed E-state index contributed by atoms with van der Waals surface area (Å²) in [6.45, 7) is 18.6. The van der Waals surface area contributed by atoms with Gasteiger partial charge in [0.15, 0.2) is 0 Å². The maximum atomic E-state index is 13.1. The van der Waals surface area contributed by atoms with Gasteiger partial charge in [-0.15, -0.1) is 0 Å². The second-order valence-electron chi connectivity index (χ2n) is 27.4. The molecule has 0 aromatic carbocycles. The summed E-state index contributed by atoms with van der Waals surface area (Å²) in [6, 6.07) is 2.91. The fourth-order valence-electron chi connectivity index (χ4n) is 20.4. The first-order chi connectivity index (χ1) is 36.3. The molecule has 14 nitrogen and oxygen atoms in total. The number of pyridine rings is 2. The maximum absolute atomic E-state index is 13.1. The summed E-state index contributed by atoms with van der Waals surface area (Å²) in [6.07, 6.45) is 22.2. The average Bonchev–Trinajstić information content (AvgIpc) is 4.07. The maximum Gasteiger partial charge on any atom is 0.337 e. The number of carbonyl (C=O) groups is 4. The van der Waals surface area contributed by atoms with Crippen molar-refractivity contribution in [1.82, 2.24) is 9.97 Å². The lowest BCUT2D eigenvalue weighted by molar-refractivity contribution is -0.203. The van der Waals surface area contributed by atoms with Crippen LogP contribution in [0.1, 0.15) is 197 Å². The van der Waals surface area contributed by atoms with Crippen molar-refractivity contribution in [2.24, 2.45) is 105 Å². The fraction of sp³-hybridized carbons (Fsp3) is 0.778. The van der Waals surface area contributed by atoms with Gasteiger partial charge in [0.25, 0.3) is 0 Å². The number of rotatable bonds is 12. The quantitative estimate of drug-likeness (QED) is 0.0983. The molecule has 2 aromatic heterocycles. The first-order valence-corrected chi connectivity index (χ1v) is 29.9. The second kappa shape index (κ2) is 23.2. The van der Waals surface area contributed by atoms with Crippen molar-refractivity contribution in [3.05, 3.63) is 53.6 Å². The monoisotopic (exact) mass is 1070 g/mol. The first kappa shape index (κ1) is 59.1. The molecular weight excluding hydrogens is 975 g/mol. The number of Topliss-reactive ketones (excluding diaryl/α,β-unsaturated/α-hetero) is 1. The number of carbonyl (C=O) groups excluding carboxylic acids is 1. The number of ketones is 1. The van der Waals surface area contributed by atoms with Crippen LogP contribution in [-0.4, -0.2) is 93.8 Å². The predicted octanol–water partition coefficient (Wildman–Crippen LogP) is 10.6. The van der Waals surface area contributed by atoms with Crippen LogP contribution in [0.2, 0.25) is 0 Å². The van der Waals surface area contributed by atoms with Crippen LogP contribution in [0.5, 0.6) is 0 Å². The first-order valence-electron chi connectivity index (χ1n) is 29.9. The molecule has 0 radical (unpaired) electrons. The number of aliphatic hydroxyl groups is 4. The average molecular weight is 1070 g/mol. The van der Waals surface area contributed by atoms with Crippen LogP contribution in [0, 0.1) is 105 Å². The van der Waals surface area contributed by atoms with E-state index in [4.69, 9.17) is 10.8 Å². The zero-order chi connectivity index (χ0) is 56.1. The van der Waals surface area contributed by atoms with Crippen LogP contribution in [0.25, 0.3) is 0 Å². The van der Waals surface area contributed by atoms with Crippen LogP contribution in [-0.2, 0) is 16.0 Å². The molecule has 77 heavy (non-hydrogen) atoms. The highest BCUT2D eigenvalue weighted by molar-refractivity contribution is 5.88. The number of hydrogen-bond acceptors (Lipinski definition) is 11. The molecule has 8 fully saturated rings. The highest BCUT2D eigenvalue weighted by Gasteiger charge is 2.67. The van der Waals surface area contributed by atoms with E-state index in [0.29, 0.717) is 76.9 Å². The molecule has 0 unspecified atom stereocenters. The summed E-state index contributed by atoms with van der Waals surface area (Å²) in [5.74, 6) is 2.86. The summed E-state index contributed by atoms with van der Waals surface area (Å²) in [5.41, 5.74) is 7.24. The Bertz CT molecular complexity index is 2440. The van der Waals surface area contributed by atoms with E-state index in [9.17, 15) is 49.8 Å².